The Bertz CT molecular complexity index is 1050. The normalized spacial score (nSPS) is 11.6. The predicted octanol–water partition coefficient (Wildman–Crippen LogP) is 2.34. The highest BCUT2D eigenvalue weighted by Gasteiger charge is 2.28. The van der Waals surface area contributed by atoms with Crippen LogP contribution in [0.5, 0.6) is 0 Å². The Balaban J connectivity index is 2.01. The lowest BCUT2D eigenvalue weighted by Crippen LogP contribution is -2.20. The number of benzene rings is 1. The molecule has 0 saturated carbocycles. The van der Waals surface area contributed by atoms with Crippen molar-refractivity contribution in [2.75, 3.05) is 5.32 Å². The molecule has 0 radical (unpaired) electrons. The van der Waals surface area contributed by atoms with Gasteiger partial charge in [-0.15, -0.1) is 0 Å². The zero-order valence-corrected chi connectivity index (χ0v) is 13.8. The van der Waals surface area contributed by atoms with E-state index >= 15 is 0 Å². The van der Waals surface area contributed by atoms with Gasteiger partial charge in [0.15, 0.2) is 0 Å². The fraction of sp³-hybridized carbons (Fsp3) is 0.125. The van der Waals surface area contributed by atoms with E-state index in [2.05, 4.69) is 10.3 Å². The van der Waals surface area contributed by atoms with Gasteiger partial charge in [0.05, 0.1) is 5.52 Å². The van der Waals surface area contributed by atoms with E-state index in [1.165, 1.54) is 13.8 Å². The van der Waals surface area contributed by atoms with Crippen LogP contribution < -0.4 is 10.5 Å². The minimum Gasteiger partial charge on any atom is -0.464 e. The lowest BCUT2D eigenvalue weighted by Gasteiger charge is -2.07. The second-order valence-corrected chi connectivity index (χ2v) is 6.83. The molecule has 1 amide bonds. The summed E-state index contributed by atoms with van der Waals surface area (Å²) < 4.78 is 28.8. The number of aromatic nitrogens is 1. The summed E-state index contributed by atoms with van der Waals surface area (Å²) in [6, 6.07) is 8.85. The average molecular weight is 345 g/mol. The molecule has 0 aliphatic carbocycles. The Morgan fingerprint density at radius 2 is 1.96 bits per heavy atom. The average Bonchev–Trinajstić information content (AvgIpc) is 2.81. The largest absolute Gasteiger partial charge is 0.464 e. The number of fused-ring (bicyclic) bond motifs is 1. The molecule has 0 aliphatic rings. The summed E-state index contributed by atoms with van der Waals surface area (Å²) in [6.07, 6.45) is 1.68. The molecule has 7 nitrogen and oxygen atoms in total. The van der Waals surface area contributed by atoms with Gasteiger partial charge in [-0.25, -0.2) is 13.6 Å². The molecule has 124 valence electrons. The van der Waals surface area contributed by atoms with Gasteiger partial charge < -0.3 is 9.73 Å². The zero-order valence-electron chi connectivity index (χ0n) is 13.0. The third kappa shape index (κ3) is 2.89. The van der Waals surface area contributed by atoms with Gasteiger partial charge in [-0.2, -0.15) is 0 Å². The van der Waals surface area contributed by atoms with Crippen molar-refractivity contribution < 1.29 is 17.6 Å². The molecule has 2 aromatic heterocycles. The zero-order chi connectivity index (χ0) is 17.5. The van der Waals surface area contributed by atoms with E-state index < -0.39 is 15.9 Å². The number of pyridine rings is 1. The van der Waals surface area contributed by atoms with Crippen LogP contribution in [-0.2, 0) is 10.0 Å². The molecule has 0 unspecified atom stereocenters. The Hall–Kier alpha value is -2.71. The molecule has 8 heteroatoms. The quantitative estimate of drug-likeness (QED) is 0.756. The van der Waals surface area contributed by atoms with Crippen molar-refractivity contribution in [1.29, 1.82) is 0 Å². The number of carbonyl (C=O) groups is 1. The molecule has 0 aliphatic heterocycles. The molecule has 0 fully saturated rings. The van der Waals surface area contributed by atoms with Crippen LogP contribution in [0.1, 0.15) is 21.9 Å². The van der Waals surface area contributed by atoms with Crippen molar-refractivity contribution in [2.45, 2.75) is 18.7 Å². The van der Waals surface area contributed by atoms with Crippen LogP contribution in [0.25, 0.3) is 10.9 Å². The highest BCUT2D eigenvalue weighted by molar-refractivity contribution is 7.89. The minimum absolute atomic E-state index is 0.0821. The number of sulfonamides is 1. The maximum atomic E-state index is 12.5. The minimum atomic E-state index is -4.08. The first-order chi connectivity index (χ1) is 11.3. The Morgan fingerprint density at radius 3 is 2.67 bits per heavy atom. The van der Waals surface area contributed by atoms with Gasteiger partial charge in [-0.05, 0) is 38.1 Å². The molecule has 0 saturated heterocycles. The summed E-state index contributed by atoms with van der Waals surface area (Å²) in [5, 5.41) is 8.72. The number of furan rings is 1. The molecule has 1 aromatic carbocycles. The number of primary sulfonamides is 1. The molecule has 3 N–H and O–H groups in total. The predicted molar refractivity (Wildman–Crippen MR) is 89.3 cm³/mol. The first-order valence-electron chi connectivity index (χ1n) is 7.06. The number of nitrogens with zero attached hydrogens (tertiary/aromatic N) is 1. The lowest BCUT2D eigenvalue weighted by atomic mass is 10.2. The van der Waals surface area contributed by atoms with E-state index in [1.807, 2.05) is 6.07 Å². The van der Waals surface area contributed by atoms with Crippen molar-refractivity contribution >= 4 is 32.5 Å². The van der Waals surface area contributed by atoms with E-state index in [1.54, 1.807) is 30.5 Å². The second kappa shape index (κ2) is 5.73. The van der Waals surface area contributed by atoms with E-state index in [9.17, 15) is 13.2 Å². The van der Waals surface area contributed by atoms with Crippen molar-refractivity contribution in [3.8, 4) is 0 Å². The van der Waals surface area contributed by atoms with Gasteiger partial charge >= 0.3 is 0 Å². The third-order valence-electron chi connectivity index (χ3n) is 3.58. The smallest absolute Gasteiger partial charge is 0.260 e. The second-order valence-electron chi connectivity index (χ2n) is 5.33. The first-order valence-corrected chi connectivity index (χ1v) is 8.61. The van der Waals surface area contributed by atoms with Crippen LogP contribution in [0.2, 0.25) is 0 Å². The van der Waals surface area contributed by atoms with Crippen molar-refractivity contribution in [1.82, 2.24) is 4.98 Å². The van der Waals surface area contributed by atoms with Crippen LogP contribution in [0.15, 0.2) is 45.8 Å². The van der Waals surface area contributed by atoms with E-state index in [0.717, 1.165) is 10.9 Å². The van der Waals surface area contributed by atoms with Crippen LogP contribution in [0.4, 0.5) is 5.69 Å². The van der Waals surface area contributed by atoms with Crippen molar-refractivity contribution in [2.24, 2.45) is 5.14 Å². The number of amides is 1. The number of aryl methyl sites for hydroxylation is 2. The van der Waals surface area contributed by atoms with Gasteiger partial charge in [-0.3, -0.25) is 9.78 Å². The van der Waals surface area contributed by atoms with Gasteiger partial charge in [0.1, 0.15) is 22.0 Å². The van der Waals surface area contributed by atoms with Crippen LogP contribution >= 0.6 is 0 Å². The topological polar surface area (TPSA) is 115 Å². The Kier molecular flexibility index (Phi) is 3.86. The standard InChI is InChI=1S/C16H15N3O4S/c1-9-14(15(10(2)23-9)24(17,21)22)16(20)19-12-5-6-13-11(8-12)4-3-7-18-13/h3-8H,1-2H3,(H,19,20)(H2,17,21,22). The highest BCUT2D eigenvalue weighted by atomic mass is 32.2. The number of hydrogen-bond acceptors (Lipinski definition) is 5. The summed E-state index contributed by atoms with van der Waals surface area (Å²) in [5.41, 5.74) is 1.22. The Labute approximate surface area is 138 Å². The molecular weight excluding hydrogens is 330 g/mol. The number of hydrogen-bond donors (Lipinski definition) is 2. The van der Waals surface area contributed by atoms with Crippen LogP contribution in [-0.4, -0.2) is 19.3 Å². The number of nitrogens with two attached hydrogens (primary N) is 1. The molecule has 3 aromatic rings. The number of carbonyl (C=O) groups excluding carboxylic acids is 1. The van der Waals surface area contributed by atoms with Gasteiger partial charge in [0.2, 0.25) is 10.0 Å². The fourth-order valence-corrected chi connectivity index (χ4v) is 3.58. The summed E-state index contributed by atoms with van der Waals surface area (Å²) in [7, 11) is -4.08. The summed E-state index contributed by atoms with van der Waals surface area (Å²) in [4.78, 5) is 16.5. The maximum Gasteiger partial charge on any atom is 0.260 e. The maximum absolute atomic E-state index is 12.5. The molecule has 3 rings (SSSR count). The highest BCUT2D eigenvalue weighted by Crippen LogP contribution is 2.27. The van der Waals surface area contributed by atoms with E-state index in [0.29, 0.717) is 5.69 Å². The third-order valence-corrected chi connectivity index (χ3v) is 4.64. The van der Waals surface area contributed by atoms with Gasteiger partial charge in [0, 0.05) is 17.3 Å². The van der Waals surface area contributed by atoms with Crippen LogP contribution in [0.3, 0.4) is 0 Å². The molecule has 2 heterocycles. The van der Waals surface area contributed by atoms with Crippen LogP contribution in [0, 0.1) is 13.8 Å². The van der Waals surface area contributed by atoms with Crippen molar-refractivity contribution in [3.63, 3.8) is 0 Å². The molecule has 24 heavy (non-hydrogen) atoms. The van der Waals surface area contributed by atoms with Crippen molar-refractivity contribution in [3.05, 3.63) is 53.6 Å². The molecular formula is C16H15N3O4S. The SMILES string of the molecule is Cc1oc(C)c(S(N)(=O)=O)c1C(=O)Nc1ccc2ncccc2c1. The number of nitrogens with one attached hydrogen (secondary N) is 1. The number of rotatable bonds is 3. The van der Waals surface area contributed by atoms with Gasteiger partial charge in [0.25, 0.3) is 5.91 Å². The monoisotopic (exact) mass is 345 g/mol. The van der Waals surface area contributed by atoms with Gasteiger partial charge in [-0.1, -0.05) is 6.07 Å². The summed E-state index contributed by atoms with van der Waals surface area (Å²) >= 11 is 0. The Morgan fingerprint density at radius 1 is 1.21 bits per heavy atom. The molecule has 0 bridgehead atoms. The molecule has 0 spiro atoms. The number of anilines is 1. The van der Waals surface area contributed by atoms with E-state index in [4.69, 9.17) is 9.56 Å². The first kappa shape index (κ1) is 16.2. The molecule has 0 atom stereocenters. The van der Waals surface area contributed by atoms with E-state index in [-0.39, 0.29) is 22.0 Å². The summed E-state index contributed by atoms with van der Waals surface area (Å²) in [5.74, 6) is -0.323. The fourth-order valence-electron chi connectivity index (χ4n) is 2.62. The summed E-state index contributed by atoms with van der Waals surface area (Å²) in [6.45, 7) is 2.96. The lowest BCUT2D eigenvalue weighted by molar-refractivity contribution is 0.102.